The molecule has 0 atom stereocenters. The van der Waals surface area contributed by atoms with Crippen LogP contribution in [-0.2, 0) is 4.74 Å². The summed E-state index contributed by atoms with van der Waals surface area (Å²) in [5, 5.41) is 2.95. The van der Waals surface area contributed by atoms with E-state index in [1.807, 2.05) is 31.4 Å². The van der Waals surface area contributed by atoms with Gasteiger partial charge in [-0.15, -0.1) is 11.3 Å². The van der Waals surface area contributed by atoms with Crippen molar-refractivity contribution in [1.29, 1.82) is 0 Å². The number of amides is 2. The molecule has 1 aromatic carbocycles. The number of rotatable bonds is 4. The van der Waals surface area contributed by atoms with E-state index >= 15 is 0 Å². The Morgan fingerprint density at radius 2 is 2.05 bits per heavy atom. The van der Waals surface area contributed by atoms with Gasteiger partial charge in [-0.05, 0) is 69.7 Å². The van der Waals surface area contributed by atoms with E-state index in [0.717, 1.165) is 29.7 Å². The van der Waals surface area contributed by atoms with Gasteiger partial charge < -0.3 is 18.6 Å². The maximum atomic E-state index is 14.0. The highest BCUT2D eigenvalue weighted by atomic mass is 32.1. The lowest BCUT2D eigenvalue weighted by Crippen LogP contribution is -2.43. The van der Waals surface area contributed by atoms with Crippen LogP contribution in [0.3, 0.4) is 0 Å². The summed E-state index contributed by atoms with van der Waals surface area (Å²) < 4.78 is 26.9. The minimum Gasteiger partial charge on any atom is -0.444 e. The number of halogens is 1. The topological polar surface area (TPSA) is 102 Å². The van der Waals surface area contributed by atoms with E-state index in [-0.39, 0.29) is 29.3 Å². The highest BCUT2D eigenvalue weighted by molar-refractivity contribution is 7.17. The highest BCUT2D eigenvalue weighted by Gasteiger charge is 2.51. The Bertz CT molecular complexity index is 1510. The molecule has 0 radical (unpaired) electrons. The fraction of sp³-hybridized carbons (Fsp3) is 0.407. The average Bonchev–Trinajstić information content (AvgIpc) is 3.61. The molecular formula is C27H28FN5O4S. The van der Waals surface area contributed by atoms with Crippen LogP contribution in [0, 0.1) is 11.2 Å². The molecule has 1 aliphatic heterocycles. The molecule has 1 saturated carbocycles. The van der Waals surface area contributed by atoms with Crippen molar-refractivity contribution in [3.8, 4) is 10.6 Å². The summed E-state index contributed by atoms with van der Waals surface area (Å²) in [5.74, 6) is 0.285. The highest BCUT2D eigenvalue weighted by Crippen LogP contribution is 2.55. The van der Waals surface area contributed by atoms with Gasteiger partial charge in [0.2, 0.25) is 5.95 Å². The first-order valence-electron chi connectivity index (χ1n) is 12.5. The summed E-state index contributed by atoms with van der Waals surface area (Å²) in [6, 6.07) is 8.09. The molecule has 1 spiro atoms. The van der Waals surface area contributed by atoms with Gasteiger partial charge in [0.1, 0.15) is 11.4 Å². The standard InChI is InChI=1S/C27H28FN5O4S/c1-26(2,3)37-25(35)32-9-8-27(14-32)11-17(12-27)33-19-5-4-16(28)10-18(19)30-24(33)31-23(34)22-7-6-21(38-22)20-13-29-15-36-20/h4-7,10,13,15,17H,8-9,11-12,14H2,1-3H3,(H,30,31,34). The van der Waals surface area contributed by atoms with Crippen LogP contribution >= 0.6 is 11.3 Å². The number of likely N-dealkylation sites (tertiary alicyclic amines) is 1. The molecule has 4 heterocycles. The Kier molecular flexibility index (Phi) is 5.78. The fourth-order valence-corrected chi connectivity index (χ4v) is 6.35. The summed E-state index contributed by atoms with van der Waals surface area (Å²) in [7, 11) is 0. The number of hydrogen-bond acceptors (Lipinski definition) is 7. The van der Waals surface area contributed by atoms with Gasteiger partial charge in [0, 0.05) is 25.2 Å². The molecule has 198 valence electrons. The molecule has 2 aliphatic rings. The first-order valence-corrected chi connectivity index (χ1v) is 13.4. The van der Waals surface area contributed by atoms with Crippen molar-refractivity contribution in [2.75, 3.05) is 18.4 Å². The van der Waals surface area contributed by atoms with Gasteiger partial charge in [-0.25, -0.2) is 19.2 Å². The molecule has 38 heavy (non-hydrogen) atoms. The second-order valence-corrected chi connectivity index (χ2v) is 12.2. The molecule has 6 rings (SSSR count). The lowest BCUT2D eigenvalue weighted by atomic mass is 9.65. The Morgan fingerprint density at radius 3 is 2.79 bits per heavy atom. The number of benzene rings is 1. The summed E-state index contributed by atoms with van der Waals surface area (Å²) >= 11 is 1.29. The van der Waals surface area contributed by atoms with Gasteiger partial charge in [0.05, 0.1) is 27.0 Å². The van der Waals surface area contributed by atoms with Gasteiger partial charge in [0.25, 0.3) is 5.91 Å². The molecule has 0 unspecified atom stereocenters. The normalized spacial score (nSPS) is 21.2. The maximum absolute atomic E-state index is 14.0. The Morgan fingerprint density at radius 1 is 1.24 bits per heavy atom. The molecule has 1 saturated heterocycles. The van der Waals surface area contributed by atoms with Gasteiger partial charge >= 0.3 is 6.09 Å². The van der Waals surface area contributed by atoms with E-state index in [4.69, 9.17) is 9.15 Å². The van der Waals surface area contributed by atoms with Crippen LogP contribution in [0.25, 0.3) is 21.7 Å². The first-order chi connectivity index (χ1) is 18.1. The molecule has 2 fully saturated rings. The van der Waals surface area contributed by atoms with Crippen LogP contribution in [-0.4, -0.2) is 50.1 Å². The monoisotopic (exact) mass is 537 g/mol. The summed E-state index contributed by atoms with van der Waals surface area (Å²) in [6.07, 6.45) is 5.21. The number of hydrogen-bond donors (Lipinski definition) is 1. The Labute approximate surface area is 222 Å². The van der Waals surface area contributed by atoms with Gasteiger partial charge in [0.15, 0.2) is 12.2 Å². The summed E-state index contributed by atoms with van der Waals surface area (Å²) in [5.41, 5.74) is 0.707. The van der Waals surface area contributed by atoms with E-state index in [2.05, 4.69) is 15.3 Å². The number of oxazole rings is 1. The molecule has 1 N–H and O–H groups in total. The van der Waals surface area contributed by atoms with Gasteiger partial charge in [-0.2, -0.15) is 0 Å². The van der Waals surface area contributed by atoms with Crippen LogP contribution in [0.4, 0.5) is 15.1 Å². The van der Waals surface area contributed by atoms with Crippen molar-refractivity contribution >= 4 is 40.3 Å². The van der Waals surface area contributed by atoms with Crippen molar-refractivity contribution in [2.45, 2.75) is 51.7 Å². The maximum Gasteiger partial charge on any atom is 0.410 e. The Hall–Kier alpha value is -3.73. The SMILES string of the molecule is CC(C)(C)OC(=O)N1CCC2(CC(n3c(NC(=O)c4ccc(-c5cnco5)s4)nc4cc(F)ccc43)C2)C1. The predicted octanol–water partition coefficient (Wildman–Crippen LogP) is 6.11. The number of nitrogens with zero attached hydrogens (tertiary/aromatic N) is 4. The van der Waals surface area contributed by atoms with Crippen LogP contribution in [0.1, 0.15) is 55.7 Å². The molecule has 4 aromatic rings. The second-order valence-electron chi connectivity index (χ2n) is 11.1. The number of thiophene rings is 1. The van der Waals surface area contributed by atoms with Gasteiger partial charge in [-0.1, -0.05) is 0 Å². The third-order valence-electron chi connectivity index (χ3n) is 7.17. The lowest BCUT2D eigenvalue weighted by molar-refractivity contribution is 0.0199. The lowest BCUT2D eigenvalue weighted by Gasteiger charge is -2.46. The minimum atomic E-state index is -0.536. The van der Waals surface area contributed by atoms with Crippen LogP contribution in [0.15, 0.2) is 47.3 Å². The zero-order valence-electron chi connectivity index (χ0n) is 21.4. The number of imidazole rings is 1. The van der Waals surface area contributed by atoms with E-state index < -0.39 is 5.60 Å². The number of nitrogens with one attached hydrogen (secondary N) is 1. The van der Waals surface area contributed by atoms with Crippen molar-refractivity contribution in [3.63, 3.8) is 0 Å². The van der Waals surface area contributed by atoms with Crippen LogP contribution < -0.4 is 5.32 Å². The first kappa shape index (κ1) is 24.6. The number of carbonyl (C=O) groups is 2. The van der Waals surface area contributed by atoms with Crippen LogP contribution in [0.5, 0.6) is 0 Å². The molecule has 11 heteroatoms. The second kappa shape index (κ2) is 8.93. The summed E-state index contributed by atoms with van der Waals surface area (Å²) in [4.78, 5) is 37.3. The number of aromatic nitrogens is 3. The molecule has 0 bridgehead atoms. The van der Waals surface area contributed by atoms with E-state index in [0.29, 0.717) is 35.2 Å². The van der Waals surface area contributed by atoms with E-state index in [1.54, 1.807) is 23.2 Å². The molecule has 1 aliphatic carbocycles. The Balaban J connectivity index is 1.22. The predicted molar refractivity (Wildman–Crippen MR) is 141 cm³/mol. The minimum absolute atomic E-state index is 0.000790. The molecule has 2 amide bonds. The smallest absolute Gasteiger partial charge is 0.410 e. The number of ether oxygens (including phenoxy) is 1. The fourth-order valence-electron chi connectivity index (χ4n) is 5.50. The zero-order valence-corrected chi connectivity index (χ0v) is 22.2. The van der Waals surface area contributed by atoms with E-state index in [1.165, 1.54) is 29.9 Å². The zero-order chi connectivity index (χ0) is 26.7. The molecule has 3 aromatic heterocycles. The quantitative estimate of drug-likeness (QED) is 0.337. The number of fused-ring (bicyclic) bond motifs is 1. The van der Waals surface area contributed by atoms with E-state index in [9.17, 15) is 14.0 Å². The average molecular weight is 538 g/mol. The third-order valence-corrected chi connectivity index (χ3v) is 8.27. The van der Waals surface area contributed by atoms with Crippen molar-refractivity contribution in [2.24, 2.45) is 5.41 Å². The van der Waals surface area contributed by atoms with Crippen molar-refractivity contribution < 1.29 is 23.1 Å². The van der Waals surface area contributed by atoms with Crippen molar-refractivity contribution in [1.82, 2.24) is 19.4 Å². The van der Waals surface area contributed by atoms with Crippen molar-refractivity contribution in [3.05, 3.63) is 53.6 Å². The molecule has 9 nitrogen and oxygen atoms in total. The summed E-state index contributed by atoms with van der Waals surface area (Å²) in [6.45, 7) is 6.90. The third kappa shape index (κ3) is 4.55. The number of carbonyl (C=O) groups excluding carboxylic acids is 2. The molecular weight excluding hydrogens is 509 g/mol. The largest absolute Gasteiger partial charge is 0.444 e. The number of anilines is 1. The van der Waals surface area contributed by atoms with Crippen LogP contribution in [0.2, 0.25) is 0 Å². The van der Waals surface area contributed by atoms with Gasteiger partial charge in [-0.3, -0.25) is 10.1 Å².